The summed E-state index contributed by atoms with van der Waals surface area (Å²) in [5, 5.41) is 12.5. The normalized spacial score (nSPS) is 21.1. The van der Waals surface area contributed by atoms with E-state index in [1.807, 2.05) is 0 Å². The summed E-state index contributed by atoms with van der Waals surface area (Å²) in [7, 11) is 0. The predicted octanol–water partition coefficient (Wildman–Crippen LogP) is 3.18. The van der Waals surface area contributed by atoms with Crippen LogP contribution in [0.1, 0.15) is 51.9 Å². The van der Waals surface area contributed by atoms with E-state index in [1.165, 1.54) is 55.2 Å². The van der Waals surface area contributed by atoms with Crippen molar-refractivity contribution in [3.63, 3.8) is 0 Å². The molecule has 27 heavy (non-hydrogen) atoms. The lowest BCUT2D eigenvalue weighted by Gasteiger charge is -2.30. The van der Waals surface area contributed by atoms with Gasteiger partial charge >= 0.3 is 5.97 Å². The Morgan fingerprint density at radius 1 is 1.22 bits per heavy atom. The highest BCUT2D eigenvalue weighted by atomic mass is 32.2. The van der Waals surface area contributed by atoms with E-state index in [1.54, 1.807) is 4.90 Å². The van der Waals surface area contributed by atoms with Crippen LogP contribution >= 0.6 is 23.1 Å². The van der Waals surface area contributed by atoms with Crippen molar-refractivity contribution in [2.24, 2.45) is 5.92 Å². The third-order valence-electron chi connectivity index (χ3n) is 5.02. The van der Waals surface area contributed by atoms with Crippen molar-refractivity contribution in [2.75, 3.05) is 30.8 Å². The third-order valence-corrected chi connectivity index (χ3v) is 6.98. The van der Waals surface area contributed by atoms with Crippen molar-refractivity contribution in [3.05, 3.63) is 0 Å². The first-order valence-corrected chi connectivity index (χ1v) is 11.6. The number of thioether (sulfide) groups is 1. The fraction of sp³-hybridized carbons (Fsp3) is 0.778. The number of nitrogens with zero attached hydrogens (tertiary/aromatic N) is 3. The van der Waals surface area contributed by atoms with Gasteiger partial charge in [-0.25, -0.2) is 0 Å². The molecule has 0 spiro atoms. The van der Waals surface area contributed by atoms with Crippen LogP contribution in [0.15, 0.2) is 4.34 Å². The number of carbonyl (C=O) groups excluding carboxylic acids is 2. The second kappa shape index (κ2) is 10.3. The van der Waals surface area contributed by atoms with Crippen molar-refractivity contribution in [3.8, 4) is 0 Å². The molecule has 3 rings (SSSR count). The largest absolute Gasteiger partial charge is 0.455 e. The number of likely N-dealkylation sites (tertiary alicyclic amines) is 1. The summed E-state index contributed by atoms with van der Waals surface area (Å²) in [5.74, 6) is 0.162. The number of hydrogen-bond acceptors (Lipinski definition) is 8. The maximum absolute atomic E-state index is 12.1. The van der Waals surface area contributed by atoms with Gasteiger partial charge in [0, 0.05) is 19.1 Å². The van der Waals surface area contributed by atoms with Gasteiger partial charge in [0.2, 0.25) is 5.13 Å². The van der Waals surface area contributed by atoms with Crippen LogP contribution in [-0.2, 0) is 14.3 Å². The van der Waals surface area contributed by atoms with Gasteiger partial charge in [-0.15, -0.1) is 10.2 Å². The Balaban J connectivity index is 1.34. The third kappa shape index (κ3) is 6.64. The quantitative estimate of drug-likeness (QED) is 0.544. The van der Waals surface area contributed by atoms with Crippen molar-refractivity contribution < 1.29 is 14.3 Å². The van der Waals surface area contributed by atoms with Crippen LogP contribution in [0.25, 0.3) is 0 Å². The molecule has 7 nitrogen and oxygen atoms in total. The predicted molar refractivity (Wildman–Crippen MR) is 107 cm³/mol. The minimum Gasteiger partial charge on any atom is -0.455 e. The average molecular weight is 413 g/mol. The number of piperidine rings is 1. The van der Waals surface area contributed by atoms with E-state index in [0.717, 1.165) is 35.4 Å². The van der Waals surface area contributed by atoms with Crippen LogP contribution in [0, 0.1) is 5.92 Å². The topological polar surface area (TPSA) is 84.4 Å². The number of aromatic nitrogens is 2. The van der Waals surface area contributed by atoms with Crippen LogP contribution in [0.2, 0.25) is 0 Å². The number of carbonyl (C=O) groups is 2. The molecule has 1 aliphatic carbocycles. The SMILES string of the molecule is C[C@@H]1CCCN(C(=O)COC(=O)CSc2nnc(NC3CCCCC3)s2)C1. The molecule has 1 amide bonds. The lowest BCUT2D eigenvalue weighted by atomic mass is 9.96. The second-order valence-corrected chi connectivity index (χ2v) is 9.59. The summed E-state index contributed by atoms with van der Waals surface area (Å²) in [6, 6.07) is 0.484. The minimum absolute atomic E-state index is 0.102. The summed E-state index contributed by atoms with van der Waals surface area (Å²) in [4.78, 5) is 25.8. The van der Waals surface area contributed by atoms with Crippen molar-refractivity contribution >= 4 is 40.1 Å². The zero-order valence-electron chi connectivity index (χ0n) is 15.8. The maximum Gasteiger partial charge on any atom is 0.316 e. The monoisotopic (exact) mass is 412 g/mol. The number of esters is 1. The number of nitrogens with one attached hydrogen (secondary N) is 1. The molecule has 1 N–H and O–H groups in total. The van der Waals surface area contributed by atoms with Gasteiger partial charge in [-0.1, -0.05) is 49.3 Å². The number of amides is 1. The van der Waals surface area contributed by atoms with Crippen LogP contribution < -0.4 is 5.32 Å². The Morgan fingerprint density at radius 3 is 2.81 bits per heavy atom. The van der Waals surface area contributed by atoms with Crippen LogP contribution in [-0.4, -0.2) is 58.5 Å². The first-order valence-electron chi connectivity index (χ1n) is 9.76. The molecule has 1 atom stereocenters. The summed E-state index contributed by atoms with van der Waals surface area (Å²) in [6.45, 7) is 3.49. The molecular formula is C18H28N4O3S2. The summed E-state index contributed by atoms with van der Waals surface area (Å²) in [5.41, 5.74) is 0. The van der Waals surface area contributed by atoms with Crippen LogP contribution in [0.4, 0.5) is 5.13 Å². The molecule has 1 aromatic heterocycles. The van der Waals surface area contributed by atoms with E-state index >= 15 is 0 Å². The lowest BCUT2D eigenvalue weighted by Crippen LogP contribution is -2.41. The Bertz CT molecular complexity index is 634. The van der Waals surface area contributed by atoms with E-state index in [-0.39, 0.29) is 18.3 Å². The lowest BCUT2D eigenvalue weighted by molar-refractivity contribution is -0.150. The molecule has 9 heteroatoms. The van der Waals surface area contributed by atoms with E-state index in [2.05, 4.69) is 22.4 Å². The minimum atomic E-state index is -0.393. The van der Waals surface area contributed by atoms with Crippen LogP contribution in [0.5, 0.6) is 0 Å². The fourth-order valence-corrected chi connectivity index (χ4v) is 5.19. The molecular weight excluding hydrogens is 384 g/mol. The fourth-order valence-electron chi connectivity index (χ4n) is 3.56. The van der Waals surface area contributed by atoms with Gasteiger partial charge in [-0.05, 0) is 31.6 Å². The van der Waals surface area contributed by atoms with Gasteiger partial charge in [-0.3, -0.25) is 9.59 Å². The van der Waals surface area contributed by atoms with Gasteiger partial charge < -0.3 is 15.0 Å². The number of anilines is 1. The van der Waals surface area contributed by atoms with Gasteiger partial charge in [0.15, 0.2) is 10.9 Å². The molecule has 0 bridgehead atoms. The Kier molecular flexibility index (Phi) is 7.75. The van der Waals surface area contributed by atoms with Crippen LogP contribution in [0.3, 0.4) is 0 Å². The molecule has 2 aliphatic rings. The van der Waals surface area contributed by atoms with Gasteiger partial charge in [0.25, 0.3) is 5.91 Å². The van der Waals surface area contributed by atoms with Gasteiger partial charge in [-0.2, -0.15) is 0 Å². The summed E-state index contributed by atoms with van der Waals surface area (Å²) < 4.78 is 5.87. The molecule has 0 radical (unpaired) electrons. The standard InChI is InChI=1S/C18H28N4O3S2/c1-13-6-5-9-22(10-13)15(23)11-25-16(24)12-26-18-21-20-17(27-18)19-14-7-3-2-4-8-14/h13-14H,2-12H2,1H3,(H,19,20)/t13-/m1/s1. The number of ether oxygens (including phenoxy) is 1. The van der Waals surface area contributed by atoms with E-state index < -0.39 is 5.97 Å². The molecule has 1 aliphatic heterocycles. The highest BCUT2D eigenvalue weighted by Crippen LogP contribution is 2.28. The molecule has 0 unspecified atom stereocenters. The number of hydrogen-bond donors (Lipinski definition) is 1. The van der Waals surface area contributed by atoms with E-state index in [9.17, 15) is 9.59 Å². The van der Waals surface area contributed by atoms with Crippen molar-refractivity contribution in [2.45, 2.75) is 62.3 Å². The second-order valence-electron chi connectivity index (χ2n) is 7.39. The first kappa shape index (κ1) is 20.4. The Labute approximate surface area is 168 Å². The highest BCUT2D eigenvalue weighted by Gasteiger charge is 2.22. The molecule has 0 aromatic carbocycles. The molecule has 1 saturated carbocycles. The zero-order valence-corrected chi connectivity index (χ0v) is 17.4. The average Bonchev–Trinajstić information content (AvgIpc) is 3.12. The summed E-state index contributed by atoms with van der Waals surface area (Å²) >= 11 is 2.77. The van der Waals surface area contributed by atoms with E-state index in [4.69, 9.17) is 4.74 Å². The Hall–Kier alpha value is -1.35. The molecule has 1 aromatic rings. The molecule has 150 valence electrons. The molecule has 2 fully saturated rings. The van der Waals surface area contributed by atoms with Gasteiger partial charge in [0.05, 0.1) is 5.75 Å². The van der Waals surface area contributed by atoms with Crippen molar-refractivity contribution in [1.82, 2.24) is 15.1 Å². The highest BCUT2D eigenvalue weighted by molar-refractivity contribution is 8.01. The zero-order chi connectivity index (χ0) is 19.1. The van der Waals surface area contributed by atoms with Gasteiger partial charge in [0.1, 0.15) is 0 Å². The smallest absolute Gasteiger partial charge is 0.316 e. The first-order chi connectivity index (χ1) is 13.1. The van der Waals surface area contributed by atoms with Crippen molar-refractivity contribution in [1.29, 1.82) is 0 Å². The Morgan fingerprint density at radius 2 is 2.04 bits per heavy atom. The van der Waals surface area contributed by atoms with E-state index in [0.29, 0.717) is 12.0 Å². The maximum atomic E-state index is 12.1. The summed E-state index contributed by atoms with van der Waals surface area (Å²) in [6.07, 6.45) is 8.37. The number of rotatable bonds is 7. The molecule has 1 saturated heterocycles. The molecule has 2 heterocycles.